The summed E-state index contributed by atoms with van der Waals surface area (Å²) in [5.74, 6) is 7.03. The fourth-order valence-corrected chi connectivity index (χ4v) is 4.97. The van der Waals surface area contributed by atoms with Gasteiger partial charge in [0.15, 0.2) is 5.76 Å². The molecular formula is C22H25N3O2. The number of benzene rings is 1. The number of nitrogens with zero attached hydrogens (tertiary/aromatic N) is 2. The van der Waals surface area contributed by atoms with Gasteiger partial charge in [0.1, 0.15) is 0 Å². The minimum atomic E-state index is -0.0836. The van der Waals surface area contributed by atoms with E-state index in [0.29, 0.717) is 23.3 Å². The monoisotopic (exact) mass is 363 g/mol. The van der Waals surface area contributed by atoms with Crippen molar-refractivity contribution in [3.05, 3.63) is 59.7 Å². The molecule has 1 aromatic carbocycles. The van der Waals surface area contributed by atoms with Gasteiger partial charge in [0, 0.05) is 23.2 Å². The standard InChI is InChI=1S/C22H25N3O2/c23-25-14-19(15-8-10-24-9-2-1-4-17(24)12-15)18-13-16(6-7-20(18)25)22(26)21-5-3-11-27-21/h3,5-7,11,13-15,17H,1-2,4,8-10,12,23H2. The van der Waals surface area contributed by atoms with Crippen molar-refractivity contribution in [3.8, 4) is 0 Å². The molecule has 2 aliphatic heterocycles. The number of nitrogen functional groups attached to an aromatic ring is 1. The summed E-state index contributed by atoms with van der Waals surface area (Å²) in [5, 5.41) is 1.10. The van der Waals surface area contributed by atoms with Crippen LogP contribution in [0, 0.1) is 0 Å². The van der Waals surface area contributed by atoms with Crippen LogP contribution in [0.4, 0.5) is 0 Å². The van der Waals surface area contributed by atoms with Gasteiger partial charge in [0.2, 0.25) is 5.78 Å². The minimum Gasteiger partial charge on any atom is -0.461 e. The fraction of sp³-hybridized carbons (Fsp3) is 0.409. The van der Waals surface area contributed by atoms with Gasteiger partial charge >= 0.3 is 0 Å². The first-order valence-corrected chi connectivity index (χ1v) is 9.93. The van der Waals surface area contributed by atoms with Gasteiger partial charge in [-0.05, 0) is 80.6 Å². The number of hydrogen-bond donors (Lipinski definition) is 1. The third-order valence-electron chi connectivity index (χ3n) is 6.38. The predicted octanol–water partition coefficient (Wildman–Crippen LogP) is 3.91. The lowest BCUT2D eigenvalue weighted by Gasteiger charge is -2.42. The summed E-state index contributed by atoms with van der Waals surface area (Å²) in [7, 11) is 0. The van der Waals surface area contributed by atoms with Gasteiger partial charge in [-0.15, -0.1) is 0 Å². The highest BCUT2D eigenvalue weighted by Crippen LogP contribution is 2.39. The maximum Gasteiger partial charge on any atom is 0.228 e. The van der Waals surface area contributed by atoms with E-state index >= 15 is 0 Å². The van der Waals surface area contributed by atoms with E-state index in [-0.39, 0.29) is 5.78 Å². The number of rotatable bonds is 3. The molecule has 0 spiro atoms. The number of furan rings is 1. The summed E-state index contributed by atoms with van der Waals surface area (Å²) < 4.78 is 7.00. The van der Waals surface area contributed by atoms with Crippen LogP contribution in [0.15, 0.2) is 47.2 Å². The fourth-order valence-electron chi connectivity index (χ4n) is 4.97. The van der Waals surface area contributed by atoms with Crippen LogP contribution in [0.25, 0.3) is 10.9 Å². The molecule has 2 saturated heterocycles. The topological polar surface area (TPSA) is 64.4 Å². The SMILES string of the molecule is Nn1cc(C2CCN3CCCCC3C2)c2cc(C(=O)c3ccco3)ccc21. The lowest BCUT2D eigenvalue weighted by molar-refractivity contribution is 0.0976. The highest BCUT2D eigenvalue weighted by atomic mass is 16.3. The Labute approximate surface area is 158 Å². The van der Waals surface area contributed by atoms with Crippen molar-refractivity contribution >= 4 is 16.7 Å². The maximum absolute atomic E-state index is 12.7. The predicted molar refractivity (Wildman–Crippen MR) is 105 cm³/mol. The second kappa shape index (κ2) is 6.57. The van der Waals surface area contributed by atoms with Crippen molar-refractivity contribution in [1.82, 2.24) is 9.58 Å². The normalized spacial score (nSPS) is 23.4. The number of nitrogens with two attached hydrogens (primary N) is 1. The number of fused-ring (bicyclic) bond motifs is 2. The van der Waals surface area contributed by atoms with Gasteiger partial charge in [0.05, 0.1) is 11.8 Å². The Bertz CT molecular complexity index is 973. The van der Waals surface area contributed by atoms with Crippen LogP contribution in [-0.4, -0.2) is 34.5 Å². The molecule has 2 aliphatic rings. The first kappa shape index (κ1) is 16.6. The highest BCUT2D eigenvalue weighted by Gasteiger charge is 2.32. The third-order valence-corrected chi connectivity index (χ3v) is 6.38. The summed E-state index contributed by atoms with van der Waals surface area (Å²) >= 11 is 0. The summed E-state index contributed by atoms with van der Waals surface area (Å²) in [6.45, 7) is 2.41. The van der Waals surface area contributed by atoms with E-state index in [2.05, 4.69) is 11.1 Å². The molecule has 0 aliphatic carbocycles. The highest BCUT2D eigenvalue weighted by molar-refractivity contribution is 6.09. The van der Waals surface area contributed by atoms with Crippen molar-refractivity contribution in [2.45, 2.75) is 44.1 Å². The average Bonchev–Trinajstić information content (AvgIpc) is 3.35. The van der Waals surface area contributed by atoms with Gasteiger partial charge in [-0.1, -0.05) is 6.42 Å². The van der Waals surface area contributed by atoms with E-state index in [0.717, 1.165) is 23.9 Å². The van der Waals surface area contributed by atoms with Crippen LogP contribution >= 0.6 is 0 Å². The molecule has 2 aromatic heterocycles. The van der Waals surface area contributed by atoms with Gasteiger partial charge in [-0.3, -0.25) is 9.47 Å². The van der Waals surface area contributed by atoms with E-state index in [1.54, 1.807) is 16.8 Å². The molecule has 5 nitrogen and oxygen atoms in total. The lowest BCUT2D eigenvalue weighted by Crippen LogP contribution is -2.44. The van der Waals surface area contributed by atoms with Crippen LogP contribution in [0.5, 0.6) is 0 Å². The Morgan fingerprint density at radius 2 is 2.07 bits per heavy atom. The molecule has 3 aromatic rings. The molecule has 2 N–H and O–H groups in total. The van der Waals surface area contributed by atoms with Crippen LogP contribution in [-0.2, 0) is 0 Å². The number of piperidine rings is 2. The zero-order valence-electron chi connectivity index (χ0n) is 15.4. The van der Waals surface area contributed by atoms with Gasteiger partial charge < -0.3 is 15.2 Å². The summed E-state index contributed by atoms with van der Waals surface area (Å²) in [6, 6.07) is 9.92. The third kappa shape index (κ3) is 2.86. The first-order valence-electron chi connectivity index (χ1n) is 9.93. The van der Waals surface area contributed by atoms with Crippen molar-refractivity contribution in [1.29, 1.82) is 0 Å². The van der Waals surface area contributed by atoms with Crippen LogP contribution in [0.2, 0.25) is 0 Å². The molecule has 0 saturated carbocycles. The maximum atomic E-state index is 12.7. The molecular weight excluding hydrogens is 338 g/mol. The van der Waals surface area contributed by atoms with Crippen molar-refractivity contribution < 1.29 is 9.21 Å². The number of ketones is 1. The van der Waals surface area contributed by atoms with E-state index in [1.165, 1.54) is 44.1 Å². The first-order chi connectivity index (χ1) is 13.2. The second-order valence-corrected chi connectivity index (χ2v) is 7.94. The van der Waals surface area contributed by atoms with Crippen LogP contribution in [0.1, 0.15) is 59.7 Å². The van der Waals surface area contributed by atoms with Crippen molar-refractivity contribution in [2.75, 3.05) is 18.9 Å². The van der Waals surface area contributed by atoms with Crippen LogP contribution < -0.4 is 5.84 Å². The van der Waals surface area contributed by atoms with Crippen molar-refractivity contribution in [3.63, 3.8) is 0 Å². The molecule has 5 heteroatoms. The number of carbonyl (C=O) groups is 1. The Hall–Kier alpha value is -2.53. The molecule has 4 heterocycles. The average molecular weight is 363 g/mol. The largest absolute Gasteiger partial charge is 0.461 e. The Morgan fingerprint density at radius 1 is 1.15 bits per heavy atom. The Balaban J connectivity index is 1.50. The Kier molecular flexibility index (Phi) is 4.05. The van der Waals surface area contributed by atoms with E-state index in [4.69, 9.17) is 10.3 Å². The molecule has 2 fully saturated rings. The van der Waals surface area contributed by atoms with Crippen molar-refractivity contribution in [2.24, 2.45) is 0 Å². The molecule has 0 radical (unpaired) electrons. The summed E-state index contributed by atoms with van der Waals surface area (Å²) in [5.41, 5.74) is 2.92. The summed E-state index contributed by atoms with van der Waals surface area (Å²) in [4.78, 5) is 15.4. The van der Waals surface area contributed by atoms with Gasteiger partial charge in [-0.2, -0.15) is 0 Å². The molecule has 2 unspecified atom stereocenters. The zero-order valence-corrected chi connectivity index (χ0v) is 15.4. The minimum absolute atomic E-state index is 0.0836. The number of carbonyl (C=O) groups excluding carboxylic acids is 1. The van der Waals surface area contributed by atoms with Gasteiger partial charge in [0.25, 0.3) is 0 Å². The number of hydrogen-bond acceptors (Lipinski definition) is 4. The molecule has 2 atom stereocenters. The van der Waals surface area contributed by atoms with Gasteiger partial charge in [-0.25, -0.2) is 0 Å². The lowest BCUT2D eigenvalue weighted by atomic mass is 9.82. The molecule has 5 rings (SSSR count). The zero-order chi connectivity index (χ0) is 18.4. The van der Waals surface area contributed by atoms with E-state index < -0.39 is 0 Å². The number of aromatic nitrogens is 1. The Morgan fingerprint density at radius 3 is 2.93 bits per heavy atom. The van der Waals surface area contributed by atoms with E-state index in [1.807, 2.05) is 18.2 Å². The summed E-state index contributed by atoms with van der Waals surface area (Å²) in [6.07, 6.45) is 9.93. The molecule has 0 bridgehead atoms. The molecule has 27 heavy (non-hydrogen) atoms. The van der Waals surface area contributed by atoms with E-state index in [9.17, 15) is 4.79 Å². The second-order valence-electron chi connectivity index (χ2n) is 7.94. The molecule has 0 amide bonds. The smallest absolute Gasteiger partial charge is 0.228 e. The molecule has 140 valence electrons. The van der Waals surface area contributed by atoms with Crippen LogP contribution in [0.3, 0.4) is 0 Å². The quantitative estimate of drug-likeness (QED) is 0.566.